The first kappa shape index (κ1) is 15.9. The van der Waals surface area contributed by atoms with Crippen molar-refractivity contribution in [3.8, 4) is 11.1 Å². The van der Waals surface area contributed by atoms with E-state index in [0.29, 0.717) is 12.8 Å². The van der Waals surface area contributed by atoms with Gasteiger partial charge in [0.2, 0.25) is 5.91 Å². The fourth-order valence-corrected chi connectivity index (χ4v) is 2.62. The number of para-hydroxylation sites is 1. The third-order valence-electron chi connectivity index (χ3n) is 3.82. The van der Waals surface area contributed by atoms with Crippen LogP contribution < -0.4 is 5.32 Å². The van der Waals surface area contributed by atoms with Crippen LogP contribution in [-0.4, -0.2) is 5.91 Å². The molecule has 0 aromatic heterocycles. The number of hydrogen-bond donors (Lipinski definition) is 1. The van der Waals surface area contributed by atoms with Crippen molar-refractivity contribution in [2.24, 2.45) is 0 Å². The first-order valence-corrected chi connectivity index (χ1v) is 7.91. The van der Waals surface area contributed by atoms with Crippen LogP contribution in [0.4, 0.5) is 10.1 Å². The summed E-state index contributed by atoms with van der Waals surface area (Å²) in [5.74, 6) is -0.357. The van der Waals surface area contributed by atoms with Gasteiger partial charge in [0.15, 0.2) is 0 Å². The molecule has 0 bridgehead atoms. The predicted octanol–water partition coefficient (Wildman–Crippen LogP) is 5.06. The predicted molar refractivity (Wildman–Crippen MR) is 95.2 cm³/mol. The number of anilines is 1. The number of halogens is 1. The molecule has 24 heavy (non-hydrogen) atoms. The minimum absolute atomic E-state index is 0.0809. The summed E-state index contributed by atoms with van der Waals surface area (Å²) in [4.78, 5) is 12.2. The largest absolute Gasteiger partial charge is 0.326 e. The average molecular weight is 319 g/mol. The summed E-state index contributed by atoms with van der Waals surface area (Å²) >= 11 is 0. The lowest BCUT2D eigenvalue weighted by molar-refractivity contribution is -0.116. The van der Waals surface area contributed by atoms with Gasteiger partial charge in [-0.05, 0) is 35.7 Å². The highest BCUT2D eigenvalue weighted by Gasteiger charge is 2.08. The summed E-state index contributed by atoms with van der Waals surface area (Å²) in [6.07, 6.45) is 0.823. The van der Waals surface area contributed by atoms with Gasteiger partial charge in [-0.1, -0.05) is 60.7 Å². The molecule has 0 spiro atoms. The van der Waals surface area contributed by atoms with E-state index in [-0.39, 0.29) is 11.7 Å². The van der Waals surface area contributed by atoms with Crippen molar-refractivity contribution in [1.29, 1.82) is 0 Å². The van der Waals surface area contributed by atoms with E-state index < -0.39 is 0 Å². The maximum atomic E-state index is 13.2. The van der Waals surface area contributed by atoms with Gasteiger partial charge in [-0.25, -0.2) is 4.39 Å². The molecule has 0 aliphatic carbocycles. The van der Waals surface area contributed by atoms with Crippen molar-refractivity contribution in [3.05, 3.63) is 90.2 Å². The molecule has 0 saturated carbocycles. The van der Waals surface area contributed by atoms with E-state index in [1.165, 1.54) is 12.1 Å². The molecular weight excluding hydrogens is 301 g/mol. The van der Waals surface area contributed by atoms with Crippen LogP contribution in [-0.2, 0) is 11.2 Å². The SMILES string of the molecule is O=C(CCc1cccc(F)c1)Nc1ccccc1-c1ccccc1. The molecule has 2 nitrogen and oxygen atoms in total. The van der Waals surface area contributed by atoms with Crippen LogP contribution in [0.2, 0.25) is 0 Å². The molecule has 3 heteroatoms. The summed E-state index contributed by atoms with van der Waals surface area (Å²) in [6.45, 7) is 0. The Kier molecular flexibility index (Phi) is 5.02. The quantitative estimate of drug-likeness (QED) is 0.699. The minimum atomic E-state index is -0.276. The Hall–Kier alpha value is -2.94. The second kappa shape index (κ2) is 7.55. The fourth-order valence-electron chi connectivity index (χ4n) is 2.62. The molecule has 0 saturated heterocycles. The zero-order valence-corrected chi connectivity index (χ0v) is 13.2. The molecule has 0 aliphatic heterocycles. The number of carbonyl (C=O) groups excluding carboxylic acids is 1. The highest BCUT2D eigenvalue weighted by atomic mass is 19.1. The number of benzene rings is 3. The Morgan fingerprint density at radius 2 is 1.62 bits per heavy atom. The topological polar surface area (TPSA) is 29.1 Å². The number of amides is 1. The molecule has 0 atom stereocenters. The van der Waals surface area contributed by atoms with E-state index >= 15 is 0 Å². The molecule has 120 valence electrons. The Labute approximate surface area is 141 Å². The monoisotopic (exact) mass is 319 g/mol. The van der Waals surface area contributed by atoms with Gasteiger partial charge in [-0.2, -0.15) is 0 Å². The normalized spacial score (nSPS) is 10.4. The summed E-state index contributed by atoms with van der Waals surface area (Å²) in [5, 5.41) is 2.96. The molecule has 3 rings (SSSR count). The van der Waals surface area contributed by atoms with Crippen molar-refractivity contribution < 1.29 is 9.18 Å². The second-order valence-corrected chi connectivity index (χ2v) is 5.59. The third kappa shape index (κ3) is 4.07. The van der Waals surface area contributed by atoms with Crippen molar-refractivity contribution in [3.63, 3.8) is 0 Å². The van der Waals surface area contributed by atoms with Gasteiger partial charge >= 0.3 is 0 Å². The van der Waals surface area contributed by atoms with E-state index in [9.17, 15) is 9.18 Å². The van der Waals surface area contributed by atoms with Crippen molar-refractivity contribution >= 4 is 11.6 Å². The first-order valence-electron chi connectivity index (χ1n) is 7.91. The summed E-state index contributed by atoms with van der Waals surface area (Å²) < 4.78 is 13.2. The molecule has 1 amide bonds. The van der Waals surface area contributed by atoms with E-state index in [2.05, 4.69) is 5.32 Å². The molecule has 0 radical (unpaired) electrons. The molecule has 1 N–H and O–H groups in total. The minimum Gasteiger partial charge on any atom is -0.326 e. The number of rotatable bonds is 5. The van der Waals surface area contributed by atoms with Crippen molar-refractivity contribution in [2.45, 2.75) is 12.8 Å². The van der Waals surface area contributed by atoms with E-state index in [1.54, 1.807) is 6.07 Å². The summed E-state index contributed by atoms with van der Waals surface area (Å²) in [5.41, 5.74) is 3.64. The molecule has 0 aliphatic rings. The zero-order valence-electron chi connectivity index (χ0n) is 13.2. The lowest BCUT2D eigenvalue weighted by atomic mass is 10.0. The number of carbonyl (C=O) groups is 1. The van der Waals surface area contributed by atoms with Gasteiger partial charge < -0.3 is 5.32 Å². The van der Waals surface area contributed by atoms with Gasteiger partial charge in [0, 0.05) is 17.7 Å². The molecule has 0 unspecified atom stereocenters. The Bertz CT molecular complexity index is 830. The van der Waals surface area contributed by atoms with Crippen LogP contribution in [0.25, 0.3) is 11.1 Å². The van der Waals surface area contributed by atoms with Crippen LogP contribution in [0.1, 0.15) is 12.0 Å². The van der Waals surface area contributed by atoms with Crippen LogP contribution >= 0.6 is 0 Å². The van der Waals surface area contributed by atoms with Crippen LogP contribution in [0.15, 0.2) is 78.9 Å². The number of aryl methyl sites for hydroxylation is 1. The summed E-state index contributed by atoms with van der Waals surface area (Å²) in [7, 11) is 0. The van der Waals surface area contributed by atoms with Gasteiger partial charge in [-0.3, -0.25) is 4.79 Å². The Morgan fingerprint density at radius 1 is 0.875 bits per heavy atom. The molecule has 3 aromatic carbocycles. The van der Waals surface area contributed by atoms with Gasteiger partial charge in [0.1, 0.15) is 5.82 Å². The van der Waals surface area contributed by atoms with Gasteiger partial charge in [-0.15, -0.1) is 0 Å². The highest BCUT2D eigenvalue weighted by Crippen LogP contribution is 2.27. The molecular formula is C21H18FNO. The maximum Gasteiger partial charge on any atom is 0.224 e. The number of nitrogens with one attached hydrogen (secondary N) is 1. The van der Waals surface area contributed by atoms with E-state index in [4.69, 9.17) is 0 Å². The third-order valence-corrected chi connectivity index (χ3v) is 3.82. The average Bonchev–Trinajstić information content (AvgIpc) is 2.61. The smallest absolute Gasteiger partial charge is 0.224 e. The second-order valence-electron chi connectivity index (χ2n) is 5.59. The van der Waals surface area contributed by atoms with Crippen LogP contribution in [0, 0.1) is 5.82 Å². The van der Waals surface area contributed by atoms with Crippen molar-refractivity contribution in [2.75, 3.05) is 5.32 Å². The molecule has 3 aromatic rings. The lowest BCUT2D eigenvalue weighted by Gasteiger charge is -2.11. The summed E-state index contributed by atoms with van der Waals surface area (Å²) in [6, 6.07) is 24.0. The standard InChI is InChI=1S/C21H18FNO/c22-18-10-6-7-16(15-18)13-14-21(24)23-20-12-5-4-11-19(20)17-8-2-1-3-9-17/h1-12,15H,13-14H2,(H,23,24). The Balaban J connectivity index is 1.69. The van der Waals surface area contributed by atoms with Gasteiger partial charge in [0.25, 0.3) is 0 Å². The van der Waals surface area contributed by atoms with E-state index in [1.807, 2.05) is 60.7 Å². The fraction of sp³-hybridized carbons (Fsp3) is 0.0952. The maximum absolute atomic E-state index is 13.2. The lowest BCUT2D eigenvalue weighted by Crippen LogP contribution is -2.13. The Morgan fingerprint density at radius 3 is 2.42 bits per heavy atom. The van der Waals surface area contributed by atoms with E-state index in [0.717, 1.165) is 22.4 Å². The van der Waals surface area contributed by atoms with Crippen LogP contribution in [0.5, 0.6) is 0 Å². The first-order chi connectivity index (χ1) is 11.7. The zero-order chi connectivity index (χ0) is 16.8. The van der Waals surface area contributed by atoms with Crippen molar-refractivity contribution in [1.82, 2.24) is 0 Å². The highest BCUT2D eigenvalue weighted by molar-refractivity contribution is 5.95. The molecule has 0 fully saturated rings. The van der Waals surface area contributed by atoms with Gasteiger partial charge in [0.05, 0.1) is 0 Å². The van der Waals surface area contributed by atoms with Crippen LogP contribution in [0.3, 0.4) is 0 Å². The molecule has 0 heterocycles. The number of hydrogen-bond acceptors (Lipinski definition) is 1.